The molecule has 6 heteroatoms. The Morgan fingerprint density at radius 2 is 2.35 bits per heavy atom. The predicted molar refractivity (Wildman–Crippen MR) is 85.8 cm³/mol. The van der Waals surface area contributed by atoms with Crippen molar-refractivity contribution in [2.24, 2.45) is 0 Å². The third kappa shape index (κ3) is 3.42. The summed E-state index contributed by atoms with van der Waals surface area (Å²) in [5, 5.41) is 10.2. The fourth-order valence-electron chi connectivity index (χ4n) is 2.83. The van der Waals surface area contributed by atoms with Crippen LogP contribution < -0.4 is 10.6 Å². The first-order valence-corrected chi connectivity index (χ1v) is 7.89. The number of aromatic nitrogens is 2. The van der Waals surface area contributed by atoms with E-state index in [-0.39, 0.29) is 23.8 Å². The highest BCUT2D eigenvalue weighted by Crippen LogP contribution is 2.20. The van der Waals surface area contributed by atoms with Crippen LogP contribution in [0.1, 0.15) is 36.9 Å². The number of hydrogen-bond acceptors (Lipinski definition) is 3. The van der Waals surface area contributed by atoms with E-state index >= 15 is 0 Å². The number of carbonyl (C=O) groups excluding carboxylic acids is 1. The molecular formula is C17H21FN4O. The monoisotopic (exact) mass is 316 g/mol. The number of nitrogens with one attached hydrogen (secondary N) is 2. The maximum atomic E-state index is 14.4. The molecule has 0 bridgehead atoms. The first kappa shape index (κ1) is 15.7. The van der Waals surface area contributed by atoms with E-state index in [1.807, 2.05) is 19.9 Å². The van der Waals surface area contributed by atoms with Gasteiger partial charge in [-0.3, -0.25) is 4.79 Å². The fourth-order valence-corrected chi connectivity index (χ4v) is 2.83. The van der Waals surface area contributed by atoms with Crippen LogP contribution in [0.5, 0.6) is 0 Å². The molecule has 2 heterocycles. The normalized spacial score (nSPS) is 18.8. The molecule has 23 heavy (non-hydrogen) atoms. The number of hydrogen-bond donors (Lipinski definition) is 2. The van der Waals surface area contributed by atoms with Gasteiger partial charge in [0.2, 0.25) is 5.91 Å². The lowest BCUT2D eigenvalue weighted by Crippen LogP contribution is -2.41. The molecule has 2 aromatic rings. The minimum absolute atomic E-state index is 0.0258. The van der Waals surface area contributed by atoms with Crippen LogP contribution >= 0.6 is 0 Å². The van der Waals surface area contributed by atoms with Gasteiger partial charge in [-0.25, -0.2) is 9.07 Å². The third-order valence-electron chi connectivity index (χ3n) is 4.17. The average molecular weight is 316 g/mol. The second-order valence-electron chi connectivity index (χ2n) is 6.05. The van der Waals surface area contributed by atoms with Crippen LogP contribution in [-0.4, -0.2) is 28.3 Å². The number of halogens is 1. The van der Waals surface area contributed by atoms with Crippen molar-refractivity contribution < 1.29 is 9.18 Å². The molecule has 0 radical (unpaired) electrons. The van der Waals surface area contributed by atoms with Crippen LogP contribution in [0.15, 0.2) is 30.6 Å². The van der Waals surface area contributed by atoms with Crippen molar-refractivity contribution in [2.75, 3.05) is 6.54 Å². The van der Waals surface area contributed by atoms with Crippen LogP contribution in [0.2, 0.25) is 0 Å². The Morgan fingerprint density at radius 1 is 1.52 bits per heavy atom. The highest BCUT2D eigenvalue weighted by Gasteiger charge is 2.23. The van der Waals surface area contributed by atoms with Gasteiger partial charge in [-0.05, 0) is 56.5 Å². The van der Waals surface area contributed by atoms with E-state index in [2.05, 4.69) is 15.7 Å². The van der Waals surface area contributed by atoms with Crippen LogP contribution in [0.4, 0.5) is 4.39 Å². The van der Waals surface area contributed by atoms with Crippen molar-refractivity contribution in [1.29, 1.82) is 0 Å². The number of rotatable bonds is 4. The highest BCUT2D eigenvalue weighted by molar-refractivity contribution is 5.82. The van der Waals surface area contributed by atoms with E-state index in [9.17, 15) is 9.18 Å². The van der Waals surface area contributed by atoms with E-state index in [0.717, 1.165) is 30.5 Å². The molecule has 1 fully saturated rings. The largest absolute Gasteiger partial charge is 0.348 e. The Bertz CT molecular complexity index is 706. The zero-order valence-electron chi connectivity index (χ0n) is 13.3. The zero-order valence-corrected chi connectivity index (χ0v) is 13.3. The second kappa shape index (κ2) is 6.50. The molecule has 0 aliphatic carbocycles. The van der Waals surface area contributed by atoms with E-state index in [0.29, 0.717) is 5.69 Å². The summed E-state index contributed by atoms with van der Waals surface area (Å²) in [5.74, 6) is -0.382. The summed E-state index contributed by atoms with van der Waals surface area (Å²) in [5.41, 5.74) is 2.11. The molecule has 3 rings (SSSR count). The summed E-state index contributed by atoms with van der Waals surface area (Å²) in [6, 6.07) is 4.59. The maximum absolute atomic E-state index is 14.4. The topological polar surface area (TPSA) is 59.0 Å². The van der Waals surface area contributed by atoms with Crippen molar-refractivity contribution in [1.82, 2.24) is 20.4 Å². The molecule has 1 aliphatic rings. The molecule has 2 N–H and O–H groups in total. The van der Waals surface area contributed by atoms with Gasteiger partial charge >= 0.3 is 0 Å². The van der Waals surface area contributed by atoms with Gasteiger partial charge in [-0.1, -0.05) is 6.07 Å². The number of nitrogens with zero attached hydrogens (tertiary/aromatic N) is 2. The molecule has 122 valence electrons. The number of amides is 1. The van der Waals surface area contributed by atoms with Gasteiger partial charge in [0, 0.05) is 6.20 Å². The molecule has 2 unspecified atom stereocenters. The van der Waals surface area contributed by atoms with Crippen molar-refractivity contribution in [3.05, 3.63) is 47.5 Å². The molecule has 1 saturated heterocycles. The van der Waals surface area contributed by atoms with Gasteiger partial charge in [0.25, 0.3) is 0 Å². The summed E-state index contributed by atoms with van der Waals surface area (Å²) in [6.45, 7) is 4.64. The van der Waals surface area contributed by atoms with Crippen molar-refractivity contribution in [3.63, 3.8) is 0 Å². The summed E-state index contributed by atoms with van der Waals surface area (Å²) < 4.78 is 15.9. The molecule has 1 aromatic carbocycles. The number of benzene rings is 1. The standard InChI is InChI=1S/C17H21FN4O/c1-11-9-20-22(10-11)16-6-5-13(8-14(16)18)12(2)21-17(23)15-4-3-7-19-15/h5-6,8-10,12,15,19H,3-4,7H2,1-2H3,(H,21,23). The summed E-state index contributed by atoms with van der Waals surface area (Å²) in [4.78, 5) is 12.1. The van der Waals surface area contributed by atoms with Crippen molar-refractivity contribution >= 4 is 5.91 Å². The first-order valence-electron chi connectivity index (χ1n) is 7.89. The third-order valence-corrected chi connectivity index (χ3v) is 4.17. The Morgan fingerprint density at radius 3 is 2.96 bits per heavy atom. The minimum atomic E-state index is -0.356. The summed E-state index contributed by atoms with van der Waals surface area (Å²) in [7, 11) is 0. The Hall–Kier alpha value is -2.21. The molecule has 1 aromatic heterocycles. The molecule has 0 saturated carbocycles. The number of aryl methyl sites for hydroxylation is 1. The Labute approximate surface area is 134 Å². The summed E-state index contributed by atoms with van der Waals surface area (Å²) in [6.07, 6.45) is 5.32. The highest BCUT2D eigenvalue weighted by atomic mass is 19.1. The zero-order chi connectivity index (χ0) is 16.4. The Balaban J connectivity index is 1.72. The molecule has 1 amide bonds. The van der Waals surface area contributed by atoms with Gasteiger partial charge in [-0.15, -0.1) is 0 Å². The summed E-state index contributed by atoms with van der Waals surface area (Å²) >= 11 is 0. The van der Waals surface area contributed by atoms with Crippen molar-refractivity contribution in [3.8, 4) is 5.69 Å². The van der Waals surface area contributed by atoms with Crippen molar-refractivity contribution in [2.45, 2.75) is 38.8 Å². The quantitative estimate of drug-likeness (QED) is 0.909. The molecular weight excluding hydrogens is 295 g/mol. The molecule has 0 spiro atoms. The second-order valence-corrected chi connectivity index (χ2v) is 6.05. The fraction of sp³-hybridized carbons (Fsp3) is 0.412. The Kier molecular flexibility index (Phi) is 4.43. The number of carbonyl (C=O) groups is 1. The van der Waals surface area contributed by atoms with Crippen LogP contribution in [-0.2, 0) is 4.79 Å². The van der Waals surface area contributed by atoms with E-state index in [1.54, 1.807) is 18.5 Å². The molecule has 1 aliphatic heterocycles. The lowest BCUT2D eigenvalue weighted by atomic mass is 10.1. The molecule has 5 nitrogen and oxygen atoms in total. The van der Waals surface area contributed by atoms with Gasteiger partial charge in [0.05, 0.1) is 18.3 Å². The van der Waals surface area contributed by atoms with E-state index < -0.39 is 0 Å². The lowest BCUT2D eigenvalue weighted by Gasteiger charge is -2.18. The van der Waals surface area contributed by atoms with Gasteiger partial charge in [0.1, 0.15) is 11.5 Å². The predicted octanol–water partition coefficient (Wildman–Crippen LogP) is 2.25. The smallest absolute Gasteiger partial charge is 0.237 e. The van der Waals surface area contributed by atoms with Gasteiger partial charge in [0.15, 0.2) is 0 Å². The molecule has 2 atom stereocenters. The maximum Gasteiger partial charge on any atom is 0.237 e. The van der Waals surface area contributed by atoms with Crippen LogP contribution in [0.3, 0.4) is 0 Å². The SMILES string of the molecule is Cc1cnn(-c2ccc(C(C)NC(=O)C3CCCN3)cc2F)c1. The van der Waals surface area contributed by atoms with E-state index in [1.165, 1.54) is 10.7 Å². The van der Waals surface area contributed by atoms with Gasteiger partial charge in [-0.2, -0.15) is 5.10 Å². The van der Waals surface area contributed by atoms with Crippen LogP contribution in [0.25, 0.3) is 5.69 Å². The van der Waals surface area contributed by atoms with E-state index in [4.69, 9.17) is 0 Å². The minimum Gasteiger partial charge on any atom is -0.348 e. The lowest BCUT2D eigenvalue weighted by molar-refractivity contribution is -0.123. The first-order chi connectivity index (χ1) is 11.0. The van der Waals surface area contributed by atoms with Crippen LogP contribution in [0, 0.1) is 12.7 Å². The van der Waals surface area contributed by atoms with Gasteiger partial charge < -0.3 is 10.6 Å². The average Bonchev–Trinajstić information content (AvgIpc) is 3.18.